The van der Waals surface area contributed by atoms with Crippen LogP contribution in [-0.4, -0.2) is 0 Å². The number of halogens is 5. The summed E-state index contributed by atoms with van der Waals surface area (Å²) in [6, 6.07) is 9.46. The van der Waals surface area contributed by atoms with Crippen LogP contribution >= 0.6 is 0 Å². The van der Waals surface area contributed by atoms with Gasteiger partial charge in [0.15, 0.2) is 11.6 Å². The number of hydrogen-bond donors (Lipinski definition) is 0. The van der Waals surface area contributed by atoms with Gasteiger partial charge in [0, 0.05) is 16.7 Å². The van der Waals surface area contributed by atoms with Crippen molar-refractivity contribution in [1.82, 2.24) is 0 Å². The summed E-state index contributed by atoms with van der Waals surface area (Å²) in [6.45, 7) is 1.94. The Balaban J connectivity index is 1.68. The third-order valence-corrected chi connectivity index (χ3v) is 5.88. The fraction of sp³-hybridized carbons (Fsp3) is 0.280. The van der Waals surface area contributed by atoms with E-state index in [2.05, 4.69) is 0 Å². The summed E-state index contributed by atoms with van der Waals surface area (Å²) in [7, 11) is 0. The van der Waals surface area contributed by atoms with E-state index in [1.807, 2.05) is 6.92 Å². The Kier molecular flexibility index (Phi) is 5.63. The maximum Gasteiger partial charge on any atom is 0.166 e. The molecule has 0 saturated heterocycles. The lowest BCUT2D eigenvalue weighted by molar-refractivity contribution is 0.481. The minimum atomic E-state index is -1.10. The third kappa shape index (κ3) is 3.62. The molecular formula is C25H21F5. The van der Waals surface area contributed by atoms with Gasteiger partial charge in [-0.3, -0.25) is 0 Å². The van der Waals surface area contributed by atoms with Gasteiger partial charge in [0.1, 0.15) is 17.5 Å². The van der Waals surface area contributed by atoms with Crippen molar-refractivity contribution in [3.05, 3.63) is 93.8 Å². The normalized spacial score (nSPS) is 15.9. The molecule has 1 aliphatic carbocycles. The molecular weight excluding hydrogens is 395 g/mol. The van der Waals surface area contributed by atoms with Crippen LogP contribution in [0.25, 0.3) is 11.1 Å². The maximum absolute atomic E-state index is 15.1. The first-order valence-corrected chi connectivity index (χ1v) is 10.1. The zero-order valence-electron chi connectivity index (χ0n) is 16.5. The monoisotopic (exact) mass is 416 g/mol. The highest BCUT2D eigenvalue weighted by Gasteiger charge is 2.28. The van der Waals surface area contributed by atoms with Crippen molar-refractivity contribution < 1.29 is 22.0 Å². The Morgan fingerprint density at radius 1 is 0.833 bits per heavy atom. The van der Waals surface area contributed by atoms with Gasteiger partial charge in [-0.15, -0.1) is 0 Å². The van der Waals surface area contributed by atoms with Gasteiger partial charge >= 0.3 is 0 Å². The summed E-state index contributed by atoms with van der Waals surface area (Å²) < 4.78 is 72.1. The van der Waals surface area contributed by atoms with E-state index in [0.29, 0.717) is 36.0 Å². The van der Waals surface area contributed by atoms with Crippen LogP contribution in [-0.2, 0) is 19.3 Å². The summed E-state index contributed by atoms with van der Waals surface area (Å²) in [6.07, 6.45) is 2.33. The van der Waals surface area contributed by atoms with E-state index in [0.717, 1.165) is 12.5 Å². The maximum atomic E-state index is 15.1. The summed E-state index contributed by atoms with van der Waals surface area (Å²) >= 11 is 0. The highest BCUT2D eigenvalue weighted by Crippen LogP contribution is 2.39. The average Bonchev–Trinajstić information content (AvgIpc) is 2.70. The van der Waals surface area contributed by atoms with E-state index in [9.17, 15) is 17.6 Å². The van der Waals surface area contributed by atoms with Crippen molar-refractivity contribution in [2.45, 2.75) is 44.9 Å². The van der Waals surface area contributed by atoms with Gasteiger partial charge in [-0.25, -0.2) is 22.0 Å². The molecule has 0 spiro atoms. The van der Waals surface area contributed by atoms with Gasteiger partial charge in [0.05, 0.1) is 0 Å². The van der Waals surface area contributed by atoms with Crippen molar-refractivity contribution in [2.75, 3.05) is 0 Å². The zero-order chi connectivity index (χ0) is 21.4. The fourth-order valence-electron chi connectivity index (χ4n) is 4.43. The van der Waals surface area contributed by atoms with Crippen LogP contribution in [0.15, 0.2) is 42.5 Å². The minimum Gasteiger partial charge on any atom is -0.207 e. The molecule has 4 rings (SSSR count). The number of hydrogen-bond acceptors (Lipinski definition) is 0. The SMILES string of the molecule is CCCc1cc(F)c(C2CCc3c(ccc(-c4cccc(F)c4F)c3F)C2)c(F)c1. The van der Waals surface area contributed by atoms with Crippen LogP contribution < -0.4 is 0 Å². The minimum absolute atomic E-state index is 0.00882. The average molecular weight is 416 g/mol. The first kappa shape index (κ1) is 20.6. The molecule has 1 aliphatic rings. The summed E-state index contributed by atoms with van der Waals surface area (Å²) in [5.41, 5.74) is 1.56. The van der Waals surface area contributed by atoms with Gasteiger partial charge < -0.3 is 0 Å². The number of rotatable bonds is 4. The molecule has 0 fully saturated rings. The van der Waals surface area contributed by atoms with Crippen LogP contribution in [0.3, 0.4) is 0 Å². The smallest absolute Gasteiger partial charge is 0.166 e. The highest BCUT2D eigenvalue weighted by molar-refractivity contribution is 5.67. The molecule has 0 aromatic heterocycles. The number of aryl methyl sites for hydroxylation is 1. The van der Waals surface area contributed by atoms with Crippen LogP contribution in [0.5, 0.6) is 0 Å². The second-order valence-corrected chi connectivity index (χ2v) is 7.83. The van der Waals surface area contributed by atoms with E-state index in [1.54, 1.807) is 6.07 Å². The molecule has 0 radical (unpaired) electrons. The second-order valence-electron chi connectivity index (χ2n) is 7.83. The van der Waals surface area contributed by atoms with Crippen LogP contribution in [0.4, 0.5) is 22.0 Å². The van der Waals surface area contributed by atoms with E-state index in [4.69, 9.17) is 0 Å². The fourth-order valence-corrected chi connectivity index (χ4v) is 4.43. The molecule has 156 valence electrons. The Labute approximate surface area is 172 Å². The molecule has 0 heterocycles. The van der Waals surface area contributed by atoms with E-state index in [1.165, 1.54) is 30.3 Å². The van der Waals surface area contributed by atoms with Crippen molar-refractivity contribution in [1.29, 1.82) is 0 Å². The Morgan fingerprint density at radius 2 is 1.53 bits per heavy atom. The summed E-state index contributed by atoms with van der Waals surface area (Å²) in [5, 5.41) is 0. The van der Waals surface area contributed by atoms with Crippen LogP contribution in [0, 0.1) is 29.1 Å². The first-order chi connectivity index (χ1) is 14.4. The summed E-state index contributed by atoms with van der Waals surface area (Å²) in [4.78, 5) is 0. The molecule has 1 unspecified atom stereocenters. The molecule has 0 nitrogen and oxygen atoms in total. The number of benzene rings is 3. The predicted molar refractivity (Wildman–Crippen MR) is 107 cm³/mol. The predicted octanol–water partition coefficient (Wildman–Crippen LogP) is 7.27. The van der Waals surface area contributed by atoms with Gasteiger partial charge in [0.2, 0.25) is 0 Å². The summed E-state index contributed by atoms with van der Waals surface area (Å²) in [5.74, 6) is -4.26. The topological polar surface area (TPSA) is 0 Å². The Morgan fingerprint density at radius 3 is 2.23 bits per heavy atom. The highest BCUT2D eigenvalue weighted by atomic mass is 19.2. The van der Waals surface area contributed by atoms with E-state index in [-0.39, 0.29) is 23.1 Å². The van der Waals surface area contributed by atoms with Crippen LogP contribution in [0.2, 0.25) is 0 Å². The molecule has 5 heteroatoms. The second kappa shape index (κ2) is 8.21. The van der Waals surface area contributed by atoms with Gasteiger partial charge in [0.25, 0.3) is 0 Å². The van der Waals surface area contributed by atoms with Crippen molar-refractivity contribution >= 4 is 0 Å². The lowest BCUT2D eigenvalue weighted by Gasteiger charge is -2.27. The first-order valence-electron chi connectivity index (χ1n) is 10.1. The van der Waals surface area contributed by atoms with Crippen LogP contribution in [0.1, 0.15) is 47.9 Å². The molecule has 3 aromatic rings. The molecule has 3 aromatic carbocycles. The molecule has 0 aliphatic heterocycles. The molecule has 0 amide bonds. The van der Waals surface area contributed by atoms with E-state index >= 15 is 4.39 Å². The lowest BCUT2D eigenvalue weighted by atomic mass is 9.78. The third-order valence-electron chi connectivity index (χ3n) is 5.88. The van der Waals surface area contributed by atoms with E-state index < -0.39 is 35.0 Å². The molecule has 1 atom stereocenters. The standard InChI is InChI=1S/C25H21F5/c1-2-4-14-11-21(27)23(22(28)12-14)16-8-9-17-15(13-16)7-10-19(24(17)29)18-5-3-6-20(26)25(18)30/h3,5-7,10-12,16H,2,4,8-9,13H2,1H3. The van der Waals surface area contributed by atoms with Crippen molar-refractivity contribution in [3.63, 3.8) is 0 Å². The van der Waals surface area contributed by atoms with Gasteiger partial charge in [-0.2, -0.15) is 0 Å². The molecule has 0 bridgehead atoms. The largest absolute Gasteiger partial charge is 0.207 e. The van der Waals surface area contributed by atoms with Gasteiger partial charge in [-0.05, 0) is 66.5 Å². The van der Waals surface area contributed by atoms with Gasteiger partial charge in [-0.1, -0.05) is 37.6 Å². The zero-order valence-corrected chi connectivity index (χ0v) is 16.5. The van der Waals surface area contributed by atoms with Crippen molar-refractivity contribution in [2.24, 2.45) is 0 Å². The Bertz CT molecular complexity index is 1080. The number of fused-ring (bicyclic) bond motifs is 1. The Hall–Kier alpha value is -2.69. The van der Waals surface area contributed by atoms with Crippen molar-refractivity contribution in [3.8, 4) is 11.1 Å². The quantitative estimate of drug-likeness (QED) is 0.392. The molecule has 0 N–H and O–H groups in total. The molecule has 0 saturated carbocycles. The lowest BCUT2D eigenvalue weighted by Crippen LogP contribution is -2.17. The molecule has 30 heavy (non-hydrogen) atoms.